The molecule has 0 radical (unpaired) electrons. The maximum Gasteiger partial charge on any atom is 0.237 e. The highest BCUT2D eigenvalue weighted by Crippen LogP contribution is 2.48. The third-order valence-electron chi connectivity index (χ3n) is 4.31. The lowest BCUT2D eigenvalue weighted by Gasteiger charge is -2.07. The summed E-state index contributed by atoms with van der Waals surface area (Å²) in [6.45, 7) is 0. The van der Waals surface area contributed by atoms with Crippen LogP contribution in [0.1, 0.15) is 17.9 Å². The molecule has 1 aliphatic carbocycles. The van der Waals surface area contributed by atoms with Gasteiger partial charge in [0.05, 0.1) is 6.20 Å². The second kappa shape index (κ2) is 6.92. The number of amides is 1. The summed E-state index contributed by atoms with van der Waals surface area (Å²) in [5.41, 5.74) is 1.70. The molecule has 0 spiro atoms. The number of carbonyl (C=O) groups is 1. The van der Waals surface area contributed by atoms with Crippen LogP contribution in [0, 0.1) is 11.7 Å². The van der Waals surface area contributed by atoms with E-state index in [4.69, 9.17) is 4.74 Å². The van der Waals surface area contributed by atoms with Gasteiger partial charge in [0.15, 0.2) is 0 Å². The number of carbonyl (C=O) groups excluding carboxylic acids is 1. The van der Waals surface area contributed by atoms with Crippen LogP contribution in [-0.4, -0.2) is 15.9 Å². The predicted octanol–water partition coefficient (Wildman–Crippen LogP) is 4.15. The molecule has 1 N–H and O–H groups in total. The Balaban J connectivity index is 1.34. The molecule has 3 aromatic rings. The average Bonchev–Trinajstić information content (AvgIpc) is 3.46. The van der Waals surface area contributed by atoms with E-state index in [1.54, 1.807) is 48.8 Å². The Hall–Kier alpha value is -3.28. The van der Waals surface area contributed by atoms with Crippen molar-refractivity contribution >= 4 is 11.6 Å². The molecule has 1 heterocycles. The number of anilines is 1. The molecule has 1 saturated carbocycles. The molecule has 26 heavy (non-hydrogen) atoms. The summed E-state index contributed by atoms with van der Waals surface area (Å²) in [5.74, 6) is 0.815. The van der Waals surface area contributed by atoms with Crippen LogP contribution in [0.15, 0.2) is 67.1 Å². The van der Waals surface area contributed by atoms with Gasteiger partial charge in [0.25, 0.3) is 0 Å². The summed E-state index contributed by atoms with van der Waals surface area (Å²) in [7, 11) is 0. The Kier molecular flexibility index (Phi) is 4.31. The van der Waals surface area contributed by atoms with E-state index in [1.165, 1.54) is 18.3 Å². The number of hydrogen-bond acceptors (Lipinski definition) is 4. The van der Waals surface area contributed by atoms with E-state index >= 15 is 0 Å². The summed E-state index contributed by atoms with van der Waals surface area (Å²) in [4.78, 5) is 20.3. The lowest BCUT2D eigenvalue weighted by Crippen LogP contribution is -2.14. The van der Waals surface area contributed by atoms with Crippen molar-refractivity contribution in [1.29, 1.82) is 0 Å². The number of nitrogens with one attached hydrogen (secondary N) is 1. The van der Waals surface area contributed by atoms with Crippen molar-refractivity contribution in [2.24, 2.45) is 5.92 Å². The van der Waals surface area contributed by atoms with E-state index in [2.05, 4.69) is 15.3 Å². The highest BCUT2D eigenvalue weighted by molar-refractivity contribution is 5.95. The number of ether oxygens (including phenoxy) is 1. The molecular weight excluding hydrogens is 333 g/mol. The largest absolute Gasteiger partial charge is 0.438 e. The molecule has 4 rings (SSSR count). The third kappa shape index (κ3) is 3.69. The van der Waals surface area contributed by atoms with Crippen molar-refractivity contribution in [2.75, 3.05) is 5.32 Å². The zero-order valence-corrected chi connectivity index (χ0v) is 13.8. The lowest BCUT2D eigenvalue weighted by molar-refractivity contribution is -0.117. The molecule has 1 fully saturated rings. The van der Waals surface area contributed by atoms with Crippen LogP contribution >= 0.6 is 0 Å². The zero-order chi connectivity index (χ0) is 17.9. The number of halogens is 1. The first-order chi connectivity index (χ1) is 12.7. The maximum atomic E-state index is 13.0. The number of benzene rings is 2. The fourth-order valence-electron chi connectivity index (χ4n) is 2.86. The van der Waals surface area contributed by atoms with Crippen molar-refractivity contribution < 1.29 is 13.9 Å². The maximum absolute atomic E-state index is 13.0. The van der Waals surface area contributed by atoms with Gasteiger partial charge in [0.2, 0.25) is 11.8 Å². The van der Waals surface area contributed by atoms with E-state index < -0.39 is 0 Å². The van der Waals surface area contributed by atoms with Gasteiger partial charge >= 0.3 is 0 Å². The molecule has 1 amide bonds. The number of aromatic nitrogens is 2. The molecule has 2 atom stereocenters. The van der Waals surface area contributed by atoms with Gasteiger partial charge in [-0.3, -0.25) is 9.78 Å². The first kappa shape index (κ1) is 16.2. The summed E-state index contributed by atoms with van der Waals surface area (Å²) in [5, 5.41) is 2.91. The van der Waals surface area contributed by atoms with Gasteiger partial charge in [0, 0.05) is 24.0 Å². The minimum absolute atomic E-state index is 0.0260. The van der Waals surface area contributed by atoms with E-state index in [0.29, 0.717) is 17.3 Å². The van der Waals surface area contributed by atoms with E-state index in [-0.39, 0.29) is 23.6 Å². The highest BCUT2D eigenvalue weighted by atomic mass is 19.1. The molecule has 0 saturated heterocycles. The SMILES string of the molecule is O=C(Nc1ccc(Oc2cnccn2)cc1)C1CC1c1ccc(F)cc1. The Morgan fingerprint density at radius 1 is 1.08 bits per heavy atom. The Bertz CT molecular complexity index is 899. The van der Waals surface area contributed by atoms with Crippen LogP contribution in [0.2, 0.25) is 0 Å². The van der Waals surface area contributed by atoms with Crippen LogP contribution in [0.4, 0.5) is 10.1 Å². The van der Waals surface area contributed by atoms with Gasteiger partial charge in [-0.1, -0.05) is 12.1 Å². The zero-order valence-electron chi connectivity index (χ0n) is 13.8. The smallest absolute Gasteiger partial charge is 0.237 e. The van der Waals surface area contributed by atoms with Crippen LogP contribution in [0.25, 0.3) is 0 Å². The average molecular weight is 349 g/mol. The van der Waals surface area contributed by atoms with Gasteiger partial charge in [0.1, 0.15) is 11.6 Å². The van der Waals surface area contributed by atoms with Crippen molar-refractivity contribution in [3.05, 3.63) is 78.5 Å². The number of hydrogen-bond donors (Lipinski definition) is 1. The molecule has 130 valence electrons. The van der Waals surface area contributed by atoms with Crippen LogP contribution < -0.4 is 10.1 Å². The Morgan fingerprint density at radius 3 is 2.54 bits per heavy atom. The monoisotopic (exact) mass is 349 g/mol. The fraction of sp³-hybridized carbons (Fsp3) is 0.150. The standard InChI is InChI=1S/C20H16FN3O2/c21-14-3-1-13(2-4-14)17-11-18(17)20(25)24-15-5-7-16(8-6-15)26-19-12-22-9-10-23-19/h1-10,12,17-18H,11H2,(H,24,25). The lowest BCUT2D eigenvalue weighted by atomic mass is 10.1. The molecule has 0 bridgehead atoms. The number of rotatable bonds is 5. The number of nitrogens with zero attached hydrogens (tertiary/aromatic N) is 2. The summed E-state index contributed by atoms with van der Waals surface area (Å²) >= 11 is 0. The first-order valence-corrected chi connectivity index (χ1v) is 8.29. The van der Waals surface area contributed by atoms with Gasteiger partial charge in [-0.25, -0.2) is 9.37 Å². The minimum atomic E-state index is -0.265. The Labute approximate surface area is 149 Å². The van der Waals surface area contributed by atoms with Gasteiger partial charge in [-0.15, -0.1) is 0 Å². The van der Waals surface area contributed by atoms with Crippen molar-refractivity contribution in [2.45, 2.75) is 12.3 Å². The quantitative estimate of drug-likeness (QED) is 0.751. The molecule has 2 aromatic carbocycles. The minimum Gasteiger partial charge on any atom is -0.438 e. The predicted molar refractivity (Wildman–Crippen MR) is 94.4 cm³/mol. The molecule has 0 aliphatic heterocycles. The highest BCUT2D eigenvalue weighted by Gasteiger charge is 2.43. The summed E-state index contributed by atoms with van der Waals surface area (Å²) < 4.78 is 18.6. The van der Waals surface area contributed by atoms with Crippen LogP contribution in [-0.2, 0) is 4.79 Å². The second-order valence-corrected chi connectivity index (χ2v) is 6.16. The molecule has 2 unspecified atom stereocenters. The molecular formula is C20H16FN3O2. The van der Waals surface area contributed by atoms with Crippen molar-refractivity contribution in [3.63, 3.8) is 0 Å². The van der Waals surface area contributed by atoms with Gasteiger partial charge in [-0.05, 0) is 54.3 Å². The van der Waals surface area contributed by atoms with Crippen LogP contribution in [0.3, 0.4) is 0 Å². The van der Waals surface area contributed by atoms with E-state index in [1.807, 2.05) is 0 Å². The van der Waals surface area contributed by atoms with Crippen molar-refractivity contribution in [1.82, 2.24) is 9.97 Å². The van der Waals surface area contributed by atoms with Crippen LogP contribution in [0.5, 0.6) is 11.6 Å². The fourth-order valence-corrected chi connectivity index (χ4v) is 2.86. The first-order valence-electron chi connectivity index (χ1n) is 8.29. The molecule has 1 aromatic heterocycles. The Morgan fingerprint density at radius 2 is 1.85 bits per heavy atom. The molecule has 1 aliphatic rings. The van der Waals surface area contributed by atoms with Crippen molar-refractivity contribution in [3.8, 4) is 11.6 Å². The second-order valence-electron chi connectivity index (χ2n) is 6.16. The van der Waals surface area contributed by atoms with Gasteiger partial charge in [-0.2, -0.15) is 0 Å². The van der Waals surface area contributed by atoms with E-state index in [0.717, 1.165) is 12.0 Å². The summed E-state index contributed by atoms with van der Waals surface area (Å²) in [6.07, 6.45) is 5.43. The van der Waals surface area contributed by atoms with E-state index in [9.17, 15) is 9.18 Å². The van der Waals surface area contributed by atoms with Gasteiger partial charge < -0.3 is 10.1 Å². The molecule has 5 nitrogen and oxygen atoms in total. The topological polar surface area (TPSA) is 64.1 Å². The summed E-state index contributed by atoms with van der Waals surface area (Å²) in [6, 6.07) is 13.4. The molecule has 6 heteroatoms. The third-order valence-corrected chi connectivity index (χ3v) is 4.31. The normalized spacial score (nSPS) is 18.2.